The summed E-state index contributed by atoms with van der Waals surface area (Å²) in [6.45, 7) is 7.00. The number of hydrogen-bond donors (Lipinski definition) is 2. The number of urea groups is 1. The van der Waals surface area contributed by atoms with Gasteiger partial charge in [-0.1, -0.05) is 12.8 Å². The molecule has 102 valence electrons. The first-order valence-electron chi connectivity index (χ1n) is 6.46. The molecule has 2 amide bonds. The Labute approximate surface area is 109 Å². The van der Waals surface area contributed by atoms with Crippen LogP contribution in [0.2, 0.25) is 0 Å². The summed E-state index contributed by atoms with van der Waals surface area (Å²) < 4.78 is 0. The van der Waals surface area contributed by atoms with Crippen LogP contribution in [0.1, 0.15) is 20.3 Å². The molecule has 0 radical (unpaired) electrons. The third-order valence-corrected chi connectivity index (χ3v) is 3.20. The number of terminal acetylenes is 1. The van der Waals surface area contributed by atoms with Gasteiger partial charge in [-0.25, -0.2) is 4.79 Å². The molecule has 18 heavy (non-hydrogen) atoms. The predicted molar refractivity (Wildman–Crippen MR) is 71.1 cm³/mol. The molecule has 5 nitrogen and oxygen atoms in total. The number of aliphatic hydroxyl groups is 1. The molecule has 1 saturated heterocycles. The zero-order chi connectivity index (χ0) is 13.5. The van der Waals surface area contributed by atoms with Gasteiger partial charge in [-0.15, -0.1) is 6.42 Å². The lowest BCUT2D eigenvalue weighted by atomic mass is 10.1. The van der Waals surface area contributed by atoms with E-state index in [0.29, 0.717) is 25.7 Å². The second kappa shape index (κ2) is 7.24. The fourth-order valence-corrected chi connectivity index (χ4v) is 2.28. The molecule has 0 aromatic rings. The van der Waals surface area contributed by atoms with E-state index in [1.165, 1.54) is 0 Å². The summed E-state index contributed by atoms with van der Waals surface area (Å²) in [7, 11) is 0. The van der Waals surface area contributed by atoms with E-state index in [1.54, 1.807) is 11.8 Å². The fraction of sp³-hybridized carbons (Fsp3) is 0.769. The van der Waals surface area contributed by atoms with E-state index in [-0.39, 0.29) is 18.7 Å². The van der Waals surface area contributed by atoms with Crippen LogP contribution in [0.25, 0.3) is 0 Å². The Morgan fingerprint density at radius 2 is 2.33 bits per heavy atom. The van der Waals surface area contributed by atoms with Crippen molar-refractivity contribution in [1.82, 2.24) is 15.1 Å². The van der Waals surface area contributed by atoms with Crippen molar-refractivity contribution in [3.63, 3.8) is 0 Å². The van der Waals surface area contributed by atoms with E-state index in [0.717, 1.165) is 13.0 Å². The Morgan fingerprint density at radius 3 is 2.89 bits per heavy atom. The van der Waals surface area contributed by atoms with Crippen molar-refractivity contribution in [2.75, 3.05) is 32.7 Å². The highest BCUT2D eigenvalue weighted by Crippen LogP contribution is 2.13. The van der Waals surface area contributed by atoms with Crippen molar-refractivity contribution in [1.29, 1.82) is 0 Å². The summed E-state index contributed by atoms with van der Waals surface area (Å²) in [5.41, 5.74) is 0. The lowest BCUT2D eigenvalue weighted by Crippen LogP contribution is -2.57. The first-order chi connectivity index (χ1) is 8.58. The predicted octanol–water partition coefficient (Wildman–Crippen LogP) is 0.106. The van der Waals surface area contributed by atoms with Crippen molar-refractivity contribution < 1.29 is 9.90 Å². The molecule has 0 aliphatic carbocycles. The highest BCUT2D eigenvalue weighted by Gasteiger charge is 2.28. The first kappa shape index (κ1) is 14.8. The molecule has 0 unspecified atom stereocenters. The number of hydrogen-bond acceptors (Lipinski definition) is 3. The van der Waals surface area contributed by atoms with Crippen molar-refractivity contribution >= 4 is 6.03 Å². The highest BCUT2D eigenvalue weighted by atomic mass is 16.3. The van der Waals surface area contributed by atoms with Crippen LogP contribution in [-0.2, 0) is 0 Å². The van der Waals surface area contributed by atoms with Gasteiger partial charge in [-0.3, -0.25) is 4.90 Å². The van der Waals surface area contributed by atoms with Crippen LogP contribution in [0.5, 0.6) is 0 Å². The second-order valence-corrected chi connectivity index (χ2v) is 4.71. The fourth-order valence-electron chi connectivity index (χ4n) is 2.28. The SMILES string of the molecule is C#CCNC(=O)N1CCN(C[C@@H](C)O)[C@@H](CC)C1. The average molecular weight is 253 g/mol. The van der Waals surface area contributed by atoms with Gasteiger partial charge in [-0.2, -0.15) is 0 Å². The topological polar surface area (TPSA) is 55.8 Å². The monoisotopic (exact) mass is 253 g/mol. The number of nitrogens with one attached hydrogen (secondary N) is 1. The lowest BCUT2D eigenvalue weighted by Gasteiger charge is -2.41. The van der Waals surface area contributed by atoms with Crippen molar-refractivity contribution in [3.8, 4) is 12.3 Å². The number of carbonyl (C=O) groups is 1. The van der Waals surface area contributed by atoms with E-state index in [2.05, 4.69) is 23.1 Å². The van der Waals surface area contributed by atoms with E-state index in [9.17, 15) is 9.90 Å². The minimum absolute atomic E-state index is 0.0944. The second-order valence-electron chi connectivity index (χ2n) is 4.71. The Kier molecular flexibility index (Phi) is 5.96. The molecule has 1 fully saturated rings. The maximum atomic E-state index is 11.8. The van der Waals surface area contributed by atoms with Crippen molar-refractivity contribution in [2.45, 2.75) is 32.4 Å². The number of carbonyl (C=O) groups excluding carboxylic acids is 1. The normalized spacial score (nSPS) is 22.3. The Morgan fingerprint density at radius 1 is 1.61 bits per heavy atom. The third kappa shape index (κ3) is 4.21. The molecule has 2 atom stereocenters. The summed E-state index contributed by atoms with van der Waals surface area (Å²) in [4.78, 5) is 15.8. The number of amides is 2. The Bertz CT molecular complexity index is 312. The van der Waals surface area contributed by atoms with Crippen LogP contribution in [0, 0.1) is 12.3 Å². The summed E-state index contributed by atoms with van der Waals surface area (Å²) in [5, 5.41) is 12.1. The molecule has 1 rings (SSSR count). The van der Waals surface area contributed by atoms with Crippen molar-refractivity contribution in [2.24, 2.45) is 0 Å². The third-order valence-electron chi connectivity index (χ3n) is 3.20. The maximum Gasteiger partial charge on any atom is 0.318 e. The Balaban J connectivity index is 2.50. The number of rotatable bonds is 4. The summed E-state index contributed by atoms with van der Waals surface area (Å²) in [5.74, 6) is 2.40. The molecule has 1 aliphatic rings. The van der Waals surface area contributed by atoms with Crippen molar-refractivity contribution in [3.05, 3.63) is 0 Å². The van der Waals surface area contributed by atoms with Gasteiger partial charge in [0.2, 0.25) is 0 Å². The van der Waals surface area contributed by atoms with Crippen LogP contribution in [0.15, 0.2) is 0 Å². The summed E-state index contributed by atoms with van der Waals surface area (Å²) >= 11 is 0. The molecule has 5 heteroatoms. The quantitative estimate of drug-likeness (QED) is 0.699. The zero-order valence-corrected chi connectivity index (χ0v) is 11.2. The van der Waals surface area contributed by atoms with Crippen LogP contribution >= 0.6 is 0 Å². The molecular formula is C13H23N3O2. The maximum absolute atomic E-state index is 11.8. The first-order valence-corrected chi connectivity index (χ1v) is 6.46. The Hall–Kier alpha value is -1.25. The minimum Gasteiger partial charge on any atom is -0.392 e. The van der Waals surface area contributed by atoms with Gasteiger partial charge in [0, 0.05) is 32.2 Å². The van der Waals surface area contributed by atoms with Gasteiger partial charge in [0.25, 0.3) is 0 Å². The van der Waals surface area contributed by atoms with Gasteiger partial charge in [0.15, 0.2) is 0 Å². The molecule has 0 aromatic heterocycles. The molecule has 0 bridgehead atoms. The summed E-state index contributed by atoms with van der Waals surface area (Å²) in [6, 6.07) is 0.216. The smallest absolute Gasteiger partial charge is 0.318 e. The molecule has 0 saturated carbocycles. The number of piperazine rings is 1. The number of aliphatic hydroxyl groups excluding tert-OH is 1. The van der Waals surface area contributed by atoms with Gasteiger partial charge in [0.05, 0.1) is 12.6 Å². The zero-order valence-electron chi connectivity index (χ0n) is 11.2. The lowest BCUT2D eigenvalue weighted by molar-refractivity contribution is 0.0486. The molecule has 1 heterocycles. The van der Waals surface area contributed by atoms with E-state index < -0.39 is 0 Å². The number of nitrogens with zero attached hydrogens (tertiary/aromatic N) is 2. The van der Waals surface area contributed by atoms with Gasteiger partial charge in [0.1, 0.15) is 0 Å². The van der Waals surface area contributed by atoms with Gasteiger partial charge in [-0.05, 0) is 13.3 Å². The minimum atomic E-state index is -0.333. The van der Waals surface area contributed by atoms with E-state index in [4.69, 9.17) is 6.42 Å². The molecule has 0 spiro atoms. The standard InChI is InChI=1S/C13H23N3O2/c1-4-6-14-13(18)16-8-7-15(9-11(3)17)12(5-2)10-16/h1,11-12,17H,5-10H2,2-3H3,(H,14,18)/t11-,12+/m1/s1. The highest BCUT2D eigenvalue weighted by molar-refractivity contribution is 5.74. The van der Waals surface area contributed by atoms with Crippen LogP contribution < -0.4 is 5.32 Å². The molecular weight excluding hydrogens is 230 g/mol. The molecule has 0 aromatic carbocycles. The van der Waals surface area contributed by atoms with Crippen LogP contribution in [-0.4, -0.2) is 65.8 Å². The largest absolute Gasteiger partial charge is 0.392 e. The molecule has 1 aliphatic heterocycles. The number of β-amino-alcohol motifs (C(OH)–C–C–N with tert-alkyl or cyclic N) is 1. The van der Waals surface area contributed by atoms with E-state index >= 15 is 0 Å². The van der Waals surface area contributed by atoms with Gasteiger partial charge >= 0.3 is 6.03 Å². The van der Waals surface area contributed by atoms with Gasteiger partial charge < -0.3 is 15.3 Å². The average Bonchev–Trinajstić information content (AvgIpc) is 2.35. The van der Waals surface area contributed by atoms with Crippen LogP contribution in [0.4, 0.5) is 4.79 Å². The van der Waals surface area contributed by atoms with E-state index in [1.807, 2.05) is 0 Å². The van der Waals surface area contributed by atoms with Crippen LogP contribution in [0.3, 0.4) is 0 Å². The molecule has 2 N–H and O–H groups in total. The summed E-state index contributed by atoms with van der Waals surface area (Å²) in [6.07, 6.45) is 5.75.